The van der Waals surface area contributed by atoms with Gasteiger partial charge in [0.25, 0.3) is 0 Å². The number of carbonyl (C=O) groups excluding carboxylic acids is 2. The van der Waals surface area contributed by atoms with E-state index in [9.17, 15) is 18.0 Å². The number of benzene rings is 3. The molecule has 37 heavy (non-hydrogen) atoms. The van der Waals surface area contributed by atoms with Crippen molar-refractivity contribution in [3.8, 4) is 0 Å². The van der Waals surface area contributed by atoms with Crippen LogP contribution in [0.15, 0.2) is 72.8 Å². The van der Waals surface area contributed by atoms with Crippen molar-refractivity contribution < 1.29 is 18.0 Å². The molecular formula is C29H35N3O4S. The number of rotatable bonds is 10. The Morgan fingerprint density at radius 1 is 0.892 bits per heavy atom. The lowest BCUT2D eigenvalue weighted by molar-refractivity contribution is -0.139. The van der Waals surface area contributed by atoms with E-state index in [0.717, 1.165) is 38.4 Å². The highest BCUT2D eigenvalue weighted by atomic mass is 32.2. The summed E-state index contributed by atoms with van der Waals surface area (Å²) in [6.45, 7) is 5.45. The van der Waals surface area contributed by atoms with E-state index in [1.165, 1.54) is 11.9 Å². The van der Waals surface area contributed by atoms with Crippen LogP contribution in [0.3, 0.4) is 0 Å². The Kier molecular flexibility index (Phi) is 9.10. The minimum atomic E-state index is -3.79. The summed E-state index contributed by atoms with van der Waals surface area (Å²) in [5, 5.41) is 2.69. The monoisotopic (exact) mass is 521 g/mol. The summed E-state index contributed by atoms with van der Waals surface area (Å²) in [6.07, 6.45) is 1.38. The fourth-order valence-electron chi connectivity index (χ4n) is 4.40. The second kappa shape index (κ2) is 12.1. The van der Waals surface area contributed by atoms with Crippen molar-refractivity contribution in [2.24, 2.45) is 0 Å². The van der Waals surface area contributed by atoms with Gasteiger partial charge in [0.2, 0.25) is 21.8 Å². The van der Waals surface area contributed by atoms with Gasteiger partial charge in [-0.2, -0.15) is 0 Å². The van der Waals surface area contributed by atoms with Gasteiger partial charge in [0.1, 0.15) is 12.6 Å². The van der Waals surface area contributed by atoms with Crippen molar-refractivity contribution in [3.63, 3.8) is 0 Å². The Morgan fingerprint density at radius 3 is 2.05 bits per heavy atom. The third kappa shape index (κ3) is 7.43. The van der Waals surface area contributed by atoms with Gasteiger partial charge < -0.3 is 10.2 Å². The molecule has 0 saturated carbocycles. The molecule has 0 fully saturated rings. The largest absolute Gasteiger partial charge is 0.357 e. The first-order valence-corrected chi connectivity index (χ1v) is 14.0. The van der Waals surface area contributed by atoms with Crippen LogP contribution in [0.4, 0.5) is 5.69 Å². The lowest BCUT2D eigenvalue weighted by atomic mass is 10.0. The van der Waals surface area contributed by atoms with Gasteiger partial charge >= 0.3 is 0 Å². The Balaban J connectivity index is 2.06. The van der Waals surface area contributed by atoms with E-state index in [0.29, 0.717) is 12.1 Å². The molecule has 1 N–H and O–H groups in total. The topological polar surface area (TPSA) is 86.8 Å². The summed E-state index contributed by atoms with van der Waals surface area (Å²) in [4.78, 5) is 28.6. The quantitative estimate of drug-likeness (QED) is 0.440. The highest BCUT2D eigenvalue weighted by Crippen LogP contribution is 2.23. The maximum Gasteiger partial charge on any atom is 0.244 e. The number of nitrogens with one attached hydrogen (secondary N) is 1. The molecule has 0 bridgehead atoms. The first-order chi connectivity index (χ1) is 17.5. The fourth-order valence-corrected chi connectivity index (χ4v) is 5.23. The average molecular weight is 522 g/mol. The molecule has 3 rings (SSSR count). The predicted octanol–water partition coefficient (Wildman–Crippen LogP) is 3.76. The van der Waals surface area contributed by atoms with Crippen LogP contribution in [0.5, 0.6) is 0 Å². The number of sulfonamides is 1. The van der Waals surface area contributed by atoms with Crippen molar-refractivity contribution in [1.82, 2.24) is 10.2 Å². The van der Waals surface area contributed by atoms with Crippen LogP contribution in [0.2, 0.25) is 0 Å². The highest BCUT2D eigenvalue weighted by Gasteiger charge is 2.32. The van der Waals surface area contributed by atoms with Gasteiger partial charge in [-0.25, -0.2) is 8.42 Å². The molecule has 0 aliphatic carbocycles. The number of anilines is 1. The zero-order valence-electron chi connectivity index (χ0n) is 22.1. The zero-order chi connectivity index (χ0) is 27.2. The Labute approximate surface area is 220 Å². The van der Waals surface area contributed by atoms with Crippen LogP contribution in [-0.2, 0) is 32.6 Å². The van der Waals surface area contributed by atoms with E-state index in [2.05, 4.69) is 5.32 Å². The molecule has 2 amide bonds. The molecule has 7 nitrogen and oxygen atoms in total. The number of nitrogens with zero attached hydrogens (tertiary/aromatic N) is 2. The Bertz CT molecular complexity index is 1340. The van der Waals surface area contributed by atoms with Crippen LogP contribution >= 0.6 is 0 Å². The van der Waals surface area contributed by atoms with Crippen molar-refractivity contribution in [1.29, 1.82) is 0 Å². The highest BCUT2D eigenvalue weighted by molar-refractivity contribution is 7.92. The van der Waals surface area contributed by atoms with Crippen molar-refractivity contribution in [2.75, 3.05) is 24.2 Å². The van der Waals surface area contributed by atoms with Crippen LogP contribution in [-0.4, -0.2) is 51.0 Å². The number of carbonyl (C=O) groups is 2. The minimum Gasteiger partial charge on any atom is -0.357 e. The molecule has 0 heterocycles. The minimum absolute atomic E-state index is 0.168. The maximum atomic E-state index is 14.0. The van der Waals surface area contributed by atoms with E-state index in [1.807, 2.05) is 81.4 Å². The summed E-state index contributed by atoms with van der Waals surface area (Å²) < 4.78 is 26.8. The first kappa shape index (κ1) is 27.9. The summed E-state index contributed by atoms with van der Waals surface area (Å²) in [7, 11) is -2.25. The van der Waals surface area contributed by atoms with E-state index < -0.39 is 28.5 Å². The molecule has 0 saturated heterocycles. The smallest absolute Gasteiger partial charge is 0.244 e. The summed E-state index contributed by atoms with van der Waals surface area (Å²) in [6, 6.07) is 21.7. The molecule has 3 aromatic carbocycles. The zero-order valence-corrected chi connectivity index (χ0v) is 22.9. The lowest BCUT2D eigenvalue weighted by Crippen LogP contribution is -2.53. The van der Waals surface area contributed by atoms with Gasteiger partial charge in [0, 0.05) is 20.0 Å². The van der Waals surface area contributed by atoms with Crippen molar-refractivity contribution in [3.05, 3.63) is 101 Å². The Hall–Kier alpha value is -3.65. The molecule has 0 aromatic heterocycles. The molecule has 0 radical (unpaired) electrons. The first-order valence-electron chi connectivity index (χ1n) is 12.1. The van der Waals surface area contributed by atoms with Gasteiger partial charge in [0.15, 0.2) is 0 Å². The third-order valence-electron chi connectivity index (χ3n) is 6.29. The molecule has 196 valence electrons. The molecule has 8 heteroatoms. The van der Waals surface area contributed by atoms with Crippen LogP contribution in [0, 0.1) is 20.8 Å². The van der Waals surface area contributed by atoms with Gasteiger partial charge in [-0.05, 0) is 60.7 Å². The normalized spacial score (nSPS) is 12.0. The number of amides is 2. The molecule has 0 spiro atoms. The third-order valence-corrected chi connectivity index (χ3v) is 7.43. The maximum absolute atomic E-state index is 14.0. The standard InChI is InChI=1S/C29H35N3O4S/c1-21-15-22(2)17-26(16-21)32(37(5,35)36)20-28(33)31(19-25-14-10-9-11-23(25)3)27(29(34)30-4)18-24-12-7-6-8-13-24/h6-17,27H,18-20H2,1-5H3,(H,30,34)/t27-/m0/s1. The second-order valence-corrected chi connectivity index (χ2v) is 11.3. The number of likely N-dealkylation sites (N-methyl/N-ethyl adjacent to an activating group) is 1. The van der Waals surface area contributed by atoms with Crippen molar-refractivity contribution >= 4 is 27.5 Å². The van der Waals surface area contributed by atoms with E-state index in [1.54, 1.807) is 12.1 Å². The van der Waals surface area contributed by atoms with Gasteiger partial charge in [-0.3, -0.25) is 13.9 Å². The molecule has 0 unspecified atom stereocenters. The van der Waals surface area contributed by atoms with Crippen molar-refractivity contribution in [2.45, 2.75) is 39.8 Å². The van der Waals surface area contributed by atoms with E-state index >= 15 is 0 Å². The van der Waals surface area contributed by atoms with E-state index in [4.69, 9.17) is 0 Å². The van der Waals surface area contributed by atoms with Crippen LogP contribution in [0.1, 0.15) is 27.8 Å². The van der Waals surface area contributed by atoms with Gasteiger partial charge in [-0.1, -0.05) is 60.7 Å². The van der Waals surface area contributed by atoms with Crippen LogP contribution < -0.4 is 9.62 Å². The summed E-state index contributed by atoms with van der Waals surface area (Å²) in [5.74, 6) is -0.777. The fraction of sp³-hybridized carbons (Fsp3) is 0.310. The molecule has 0 aliphatic rings. The molecular weight excluding hydrogens is 486 g/mol. The van der Waals surface area contributed by atoms with Crippen LogP contribution in [0.25, 0.3) is 0 Å². The lowest BCUT2D eigenvalue weighted by Gasteiger charge is -2.33. The SMILES string of the molecule is CNC(=O)[C@H](Cc1ccccc1)N(Cc1ccccc1C)C(=O)CN(c1cc(C)cc(C)c1)S(C)(=O)=O. The molecule has 3 aromatic rings. The van der Waals surface area contributed by atoms with Gasteiger partial charge in [-0.15, -0.1) is 0 Å². The number of hydrogen-bond donors (Lipinski definition) is 1. The second-order valence-electron chi connectivity index (χ2n) is 9.38. The average Bonchev–Trinajstić information content (AvgIpc) is 2.84. The predicted molar refractivity (Wildman–Crippen MR) is 148 cm³/mol. The molecule has 0 aliphatic heterocycles. The molecule has 1 atom stereocenters. The summed E-state index contributed by atoms with van der Waals surface area (Å²) in [5.41, 5.74) is 4.96. The number of aryl methyl sites for hydroxylation is 3. The van der Waals surface area contributed by atoms with E-state index in [-0.39, 0.29) is 12.5 Å². The Morgan fingerprint density at radius 2 is 1.49 bits per heavy atom. The summed E-state index contributed by atoms with van der Waals surface area (Å²) >= 11 is 0. The number of hydrogen-bond acceptors (Lipinski definition) is 4. The van der Waals surface area contributed by atoms with Gasteiger partial charge in [0.05, 0.1) is 11.9 Å².